The molecule has 0 fully saturated rings. The van der Waals surface area contributed by atoms with Crippen molar-refractivity contribution >= 4 is 11.7 Å². The number of benzene rings is 1. The highest BCUT2D eigenvalue weighted by molar-refractivity contribution is 5.89. The van der Waals surface area contributed by atoms with Gasteiger partial charge in [-0.15, -0.1) is 5.10 Å². The van der Waals surface area contributed by atoms with Crippen molar-refractivity contribution in [2.75, 3.05) is 18.0 Å². The molecule has 0 bridgehead atoms. The van der Waals surface area contributed by atoms with Crippen LogP contribution in [-0.2, 0) is 17.9 Å². The normalized spacial score (nSPS) is 10.6. The van der Waals surface area contributed by atoms with E-state index in [4.69, 9.17) is 4.74 Å². The first kappa shape index (κ1) is 16.9. The summed E-state index contributed by atoms with van der Waals surface area (Å²) in [6.45, 7) is 8.88. The molecule has 0 aliphatic carbocycles. The van der Waals surface area contributed by atoms with E-state index < -0.39 is 0 Å². The van der Waals surface area contributed by atoms with Gasteiger partial charge >= 0.3 is 5.97 Å². The number of carbonyl (C=O) groups excluding carboxylic acids is 1. The summed E-state index contributed by atoms with van der Waals surface area (Å²) in [6, 6.07) is 7.44. The monoisotopic (exact) mass is 317 g/mol. The molecule has 0 radical (unpaired) electrons. The molecule has 0 saturated carbocycles. The average Bonchev–Trinajstić information content (AvgIpc) is 3.02. The molecule has 2 rings (SSSR count). The Kier molecular flexibility index (Phi) is 6.08. The number of esters is 1. The lowest BCUT2D eigenvalue weighted by atomic mass is 10.2. The molecule has 23 heavy (non-hydrogen) atoms. The van der Waals surface area contributed by atoms with Gasteiger partial charge in [0.1, 0.15) is 0 Å². The maximum atomic E-state index is 12.1. The summed E-state index contributed by atoms with van der Waals surface area (Å²) in [4.78, 5) is 14.3. The first-order valence-corrected chi connectivity index (χ1v) is 7.96. The lowest BCUT2D eigenvalue weighted by Gasteiger charge is -2.20. The van der Waals surface area contributed by atoms with Gasteiger partial charge in [-0.05, 0) is 55.0 Å². The highest BCUT2D eigenvalue weighted by atomic mass is 16.5. The molecule has 0 spiro atoms. The van der Waals surface area contributed by atoms with Crippen LogP contribution >= 0.6 is 0 Å². The smallest absolute Gasteiger partial charge is 0.338 e. The fourth-order valence-corrected chi connectivity index (χ4v) is 2.32. The van der Waals surface area contributed by atoms with Crippen LogP contribution in [0.5, 0.6) is 0 Å². The van der Waals surface area contributed by atoms with Crippen molar-refractivity contribution in [3.8, 4) is 0 Å². The maximum absolute atomic E-state index is 12.1. The molecule has 124 valence electrons. The minimum atomic E-state index is -0.373. The van der Waals surface area contributed by atoms with E-state index in [-0.39, 0.29) is 12.6 Å². The van der Waals surface area contributed by atoms with Crippen molar-refractivity contribution in [2.24, 2.45) is 0 Å². The van der Waals surface area contributed by atoms with Crippen LogP contribution in [0.4, 0.5) is 5.69 Å². The van der Waals surface area contributed by atoms with E-state index in [1.165, 1.54) is 0 Å². The topological polar surface area (TPSA) is 73.1 Å². The van der Waals surface area contributed by atoms with Gasteiger partial charge in [0, 0.05) is 25.3 Å². The molecule has 0 unspecified atom stereocenters. The van der Waals surface area contributed by atoms with Crippen LogP contribution in [0.15, 0.2) is 24.3 Å². The van der Waals surface area contributed by atoms with Gasteiger partial charge in [0.05, 0.1) is 5.56 Å². The Morgan fingerprint density at radius 3 is 2.48 bits per heavy atom. The second-order valence-corrected chi connectivity index (χ2v) is 5.11. The van der Waals surface area contributed by atoms with Gasteiger partial charge in [-0.1, -0.05) is 6.92 Å². The van der Waals surface area contributed by atoms with Crippen LogP contribution in [0.3, 0.4) is 0 Å². The quantitative estimate of drug-likeness (QED) is 0.696. The van der Waals surface area contributed by atoms with Crippen molar-refractivity contribution < 1.29 is 9.53 Å². The van der Waals surface area contributed by atoms with E-state index in [0.717, 1.165) is 25.2 Å². The highest BCUT2D eigenvalue weighted by Gasteiger charge is 2.12. The minimum absolute atomic E-state index is 0.0730. The number of tetrazole rings is 1. The second kappa shape index (κ2) is 8.26. The van der Waals surface area contributed by atoms with Gasteiger partial charge in [-0.25, -0.2) is 9.48 Å². The first-order valence-electron chi connectivity index (χ1n) is 7.96. The van der Waals surface area contributed by atoms with Crippen molar-refractivity contribution in [1.82, 2.24) is 20.2 Å². The van der Waals surface area contributed by atoms with E-state index in [9.17, 15) is 4.79 Å². The highest BCUT2D eigenvalue weighted by Crippen LogP contribution is 2.15. The van der Waals surface area contributed by atoms with Crippen LogP contribution in [-0.4, -0.2) is 39.3 Å². The number of nitrogens with zero attached hydrogens (tertiary/aromatic N) is 5. The number of hydrogen-bond donors (Lipinski definition) is 0. The van der Waals surface area contributed by atoms with E-state index in [1.807, 2.05) is 19.1 Å². The second-order valence-electron chi connectivity index (χ2n) is 5.11. The zero-order valence-corrected chi connectivity index (χ0v) is 13.9. The Morgan fingerprint density at radius 1 is 1.17 bits per heavy atom. The fourth-order valence-electron chi connectivity index (χ4n) is 2.32. The molecule has 1 heterocycles. The summed E-state index contributed by atoms with van der Waals surface area (Å²) in [5.74, 6) is 0.183. The number of aromatic nitrogens is 4. The Balaban J connectivity index is 1.96. The van der Waals surface area contributed by atoms with Crippen LogP contribution in [0.1, 0.15) is 43.4 Å². The summed E-state index contributed by atoms with van der Waals surface area (Å²) in [7, 11) is 0. The van der Waals surface area contributed by atoms with Gasteiger partial charge in [0.2, 0.25) is 0 Å². The molecule has 0 amide bonds. The summed E-state index contributed by atoms with van der Waals surface area (Å²) < 4.78 is 6.95. The third-order valence-corrected chi connectivity index (χ3v) is 3.61. The minimum Gasteiger partial charge on any atom is -0.454 e. The number of anilines is 1. The van der Waals surface area contributed by atoms with Gasteiger partial charge in [-0.2, -0.15) is 0 Å². The summed E-state index contributed by atoms with van der Waals surface area (Å²) in [5.41, 5.74) is 1.62. The lowest BCUT2D eigenvalue weighted by Crippen LogP contribution is -2.21. The molecule has 0 N–H and O–H groups in total. The van der Waals surface area contributed by atoms with Crippen molar-refractivity contribution in [1.29, 1.82) is 0 Å². The average molecular weight is 317 g/mol. The third kappa shape index (κ3) is 4.28. The molecular weight excluding hydrogens is 294 g/mol. The van der Waals surface area contributed by atoms with Crippen LogP contribution in [0.25, 0.3) is 0 Å². The van der Waals surface area contributed by atoms with Crippen molar-refractivity contribution in [3.63, 3.8) is 0 Å². The molecular formula is C16H23N5O2. The predicted molar refractivity (Wildman–Crippen MR) is 87.2 cm³/mol. The summed E-state index contributed by atoms with van der Waals surface area (Å²) in [5, 5.41) is 11.4. The van der Waals surface area contributed by atoms with E-state index in [1.54, 1.807) is 16.8 Å². The fraction of sp³-hybridized carbons (Fsp3) is 0.500. The van der Waals surface area contributed by atoms with Crippen molar-refractivity contribution in [3.05, 3.63) is 35.7 Å². The SMILES string of the molecule is CCCn1nnnc1COC(=O)c1ccc(N(CC)CC)cc1. The number of carbonyl (C=O) groups is 1. The molecule has 0 aliphatic rings. The number of aryl methyl sites for hydroxylation is 1. The molecule has 1 aromatic carbocycles. The largest absolute Gasteiger partial charge is 0.454 e. The van der Waals surface area contributed by atoms with Gasteiger partial charge in [-0.3, -0.25) is 0 Å². The van der Waals surface area contributed by atoms with Gasteiger partial charge < -0.3 is 9.64 Å². The van der Waals surface area contributed by atoms with Crippen molar-refractivity contribution in [2.45, 2.75) is 40.3 Å². The molecule has 1 aromatic heterocycles. The number of ether oxygens (including phenoxy) is 1. The first-order chi connectivity index (χ1) is 11.2. The van der Waals surface area contributed by atoms with Gasteiger partial charge in [0.15, 0.2) is 12.4 Å². The van der Waals surface area contributed by atoms with Crippen LogP contribution in [0.2, 0.25) is 0 Å². The molecule has 0 saturated heterocycles. The Bertz CT molecular complexity index is 620. The van der Waals surface area contributed by atoms with Gasteiger partial charge in [0.25, 0.3) is 0 Å². The van der Waals surface area contributed by atoms with E-state index >= 15 is 0 Å². The van der Waals surface area contributed by atoms with Crippen LogP contribution < -0.4 is 4.90 Å². The standard InChI is InChI=1S/C16H23N5O2/c1-4-11-21-15(17-18-19-21)12-23-16(22)13-7-9-14(10-8-13)20(5-2)6-3/h7-10H,4-6,11-12H2,1-3H3. The Morgan fingerprint density at radius 2 is 1.87 bits per heavy atom. The Labute approximate surface area is 136 Å². The molecule has 7 nitrogen and oxygen atoms in total. The van der Waals surface area contributed by atoms with Crippen LogP contribution in [0, 0.1) is 0 Å². The molecule has 2 aromatic rings. The molecule has 0 atom stereocenters. The van der Waals surface area contributed by atoms with E-state index in [0.29, 0.717) is 17.9 Å². The molecule has 0 aliphatic heterocycles. The summed E-state index contributed by atoms with van der Waals surface area (Å²) >= 11 is 0. The predicted octanol–water partition coefficient (Wildman–Crippen LogP) is 2.29. The lowest BCUT2D eigenvalue weighted by molar-refractivity contribution is 0.0456. The maximum Gasteiger partial charge on any atom is 0.338 e. The summed E-state index contributed by atoms with van der Waals surface area (Å²) in [6.07, 6.45) is 0.915. The number of hydrogen-bond acceptors (Lipinski definition) is 6. The molecule has 7 heteroatoms. The third-order valence-electron chi connectivity index (χ3n) is 3.61. The van der Waals surface area contributed by atoms with E-state index in [2.05, 4.69) is 34.3 Å². The Hall–Kier alpha value is -2.44. The number of rotatable bonds is 8. The zero-order chi connectivity index (χ0) is 16.7. The zero-order valence-electron chi connectivity index (χ0n) is 13.9.